The Kier molecular flexibility index (Phi) is 4.32. The summed E-state index contributed by atoms with van der Waals surface area (Å²) in [5.74, 6) is 1.11. The summed E-state index contributed by atoms with van der Waals surface area (Å²) >= 11 is 1.69. The van der Waals surface area contributed by atoms with Gasteiger partial charge in [0.15, 0.2) is 0 Å². The monoisotopic (exact) mass is 357 g/mol. The molecule has 0 bridgehead atoms. The van der Waals surface area contributed by atoms with Crippen LogP contribution in [0.2, 0.25) is 0 Å². The number of aryl methyl sites for hydroxylation is 1. The van der Waals surface area contributed by atoms with E-state index in [4.69, 9.17) is 0 Å². The van der Waals surface area contributed by atoms with Crippen molar-refractivity contribution in [2.75, 3.05) is 25.0 Å². The summed E-state index contributed by atoms with van der Waals surface area (Å²) in [7, 11) is 0. The summed E-state index contributed by atoms with van der Waals surface area (Å²) in [5, 5.41) is 4.20. The lowest BCUT2D eigenvalue weighted by Crippen LogP contribution is -2.38. The van der Waals surface area contributed by atoms with Gasteiger partial charge in [-0.15, -0.1) is 11.3 Å². The van der Waals surface area contributed by atoms with E-state index < -0.39 is 0 Å². The largest absolute Gasteiger partial charge is 0.326 e. The molecule has 1 amide bonds. The van der Waals surface area contributed by atoms with Crippen LogP contribution in [0.1, 0.15) is 38.1 Å². The lowest BCUT2D eigenvalue weighted by molar-refractivity contribution is -0.118. The van der Waals surface area contributed by atoms with Gasteiger partial charge in [-0.1, -0.05) is 13.8 Å². The molecule has 2 fully saturated rings. The highest BCUT2D eigenvalue weighted by molar-refractivity contribution is 7.18. The van der Waals surface area contributed by atoms with Gasteiger partial charge < -0.3 is 10.2 Å². The van der Waals surface area contributed by atoms with Gasteiger partial charge in [0.25, 0.3) is 0 Å². The van der Waals surface area contributed by atoms with Gasteiger partial charge in [0.2, 0.25) is 5.91 Å². The molecule has 5 heteroatoms. The van der Waals surface area contributed by atoms with Crippen LogP contribution < -0.4 is 5.32 Å². The number of nitrogens with zero attached hydrogens (tertiary/aromatic N) is 2. The van der Waals surface area contributed by atoms with E-state index in [1.54, 1.807) is 11.3 Å². The molecule has 2 heterocycles. The van der Waals surface area contributed by atoms with Crippen LogP contribution in [-0.2, 0) is 4.79 Å². The number of nitrogens with one attached hydrogen (secondary N) is 1. The molecule has 1 saturated heterocycles. The molecular formula is C20H27N3OS. The van der Waals surface area contributed by atoms with Gasteiger partial charge in [0.1, 0.15) is 0 Å². The number of carbonyl (C=O) groups excluding carboxylic acids is 1. The third-order valence-electron chi connectivity index (χ3n) is 5.74. The second kappa shape index (κ2) is 6.36. The van der Waals surface area contributed by atoms with E-state index in [0.29, 0.717) is 0 Å². The molecule has 134 valence electrons. The summed E-state index contributed by atoms with van der Waals surface area (Å²) in [5.41, 5.74) is 2.13. The summed E-state index contributed by atoms with van der Waals surface area (Å²) in [4.78, 5) is 19.8. The summed E-state index contributed by atoms with van der Waals surface area (Å²) in [6, 6.07) is 6.05. The van der Waals surface area contributed by atoms with Gasteiger partial charge in [-0.3, -0.25) is 4.79 Å². The minimum absolute atomic E-state index is 0.196. The second-order valence-corrected chi connectivity index (χ2v) is 9.45. The number of carbonyl (C=O) groups is 1. The topological polar surface area (TPSA) is 45.2 Å². The second-order valence-electron chi connectivity index (χ2n) is 8.22. The average Bonchev–Trinajstić information content (AvgIpc) is 3.13. The lowest BCUT2D eigenvalue weighted by atomic mass is 9.90. The maximum absolute atomic E-state index is 12.7. The van der Waals surface area contributed by atoms with Gasteiger partial charge in [0, 0.05) is 18.2 Å². The Morgan fingerprint density at radius 3 is 2.88 bits per heavy atom. The number of fused-ring (bicyclic) bond motifs is 1. The molecule has 1 N–H and O–H groups in total. The number of thiazole rings is 1. The number of hydrogen-bond acceptors (Lipinski definition) is 4. The molecule has 1 saturated carbocycles. The Balaban J connectivity index is 1.36. The molecule has 1 unspecified atom stereocenters. The van der Waals surface area contributed by atoms with Crippen molar-refractivity contribution in [1.82, 2.24) is 9.88 Å². The molecule has 4 nitrogen and oxygen atoms in total. The van der Waals surface area contributed by atoms with E-state index in [1.165, 1.54) is 24.1 Å². The minimum atomic E-state index is 0.196. The fourth-order valence-electron chi connectivity index (χ4n) is 4.32. The Labute approximate surface area is 153 Å². The van der Waals surface area contributed by atoms with Crippen LogP contribution >= 0.6 is 11.3 Å². The van der Waals surface area contributed by atoms with E-state index >= 15 is 0 Å². The van der Waals surface area contributed by atoms with Crippen LogP contribution in [-0.4, -0.2) is 35.4 Å². The number of amides is 1. The molecular weight excluding hydrogens is 330 g/mol. The number of anilines is 1. The van der Waals surface area contributed by atoms with Gasteiger partial charge >= 0.3 is 0 Å². The molecule has 1 spiro atoms. The van der Waals surface area contributed by atoms with E-state index in [2.05, 4.69) is 35.1 Å². The Morgan fingerprint density at radius 1 is 1.40 bits per heavy atom. The number of likely N-dealkylation sites (tertiary alicyclic amines) is 1. The third-order valence-corrected chi connectivity index (χ3v) is 6.70. The van der Waals surface area contributed by atoms with Crippen LogP contribution in [0.25, 0.3) is 10.2 Å². The van der Waals surface area contributed by atoms with Crippen LogP contribution in [0.15, 0.2) is 18.2 Å². The van der Waals surface area contributed by atoms with Crippen molar-refractivity contribution < 1.29 is 4.79 Å². The first-order valence-corrected chi connectivity index (χ1v) is 10.2. The average molecular weight is 358 g/mol. The van der Waals surface area contributed by atoms with Gasteiger partial charge in [-0.05, 0) is 68.8 Å². The number of rotatable bonds is 4. The van der Waals surface area contributed by atoms with Crippen molar-refractivity contribution >= 4 is 33.1 Å². The normalized spacial score (nSPS) is 22.6. The fourth-order valence-corrected chi connectivity index (χ4v) is 5.13. The molecule has 25 heavy (non-hydrogen) atoms. The molecule has 1 atom stereocenters. The first-order chi connectivity index (χ1) is 11.9. The Morgan fingerprint density at radius 2 is 2.16 bits per heavy atom. The standard InChI is InChI=1S/C20H27N3OS/c1-13(2)12-23-8-6-20(7-9-23)11-16(20)19(24)22-15-4-5-18-17(10-15)21-14(3)25-18/h4-5,10,13,16H,6-9,11-12H2,1-3H3,(H,22,24). The molecule has 2 aliphatic rings. The molecule has 1 aliphatic carbocycles. The first-order valence-electron chi connectivity index (χ1n) is 9.36. The van der Waals surface area contributed by atoms with Crippen molar-refractivity contribution in [3.8, 4) is 0 Å². The molecule has 4 rings (SSSR count). The van der Waals surface area contributed by atoms with Crippen molar-refractivity contribution in [3.05, 3.63) is 23.2 Å². The Hall–Kier alpha value is -1.46. The fraction of sp³-hybridized carbons (Fsp3) is 0.600. The van der Waals surface area contributed by atoms with Crippen LogP contribution in [0.4, 0.5) is 5.69 Å². The van der Waals surface area contributed by atoms with Gasteiger partial charge in [-0.25, -0.2) is 4.98 Å². The summed E-state index contributed by atoms with van der Waals surface area (Å²) in [6.07, 6.45) is 3.40. The van der Waals surface area contributed by atoms with E-state index in [-0.39, 0.29) is 17.2 Å². The third kappa shape index (κ3) is 3.44. The maximum Gasteiger partial charge on any atom is 0.228 e. The molecule has 1 aromatic carbocycles. The number of piperidine rings is 1. The quantitative estimate of drug-likeness (QED) is 0.887. The zero-order valence-electron chi connectivity index (χ0n) is 15.3. The zero-order chi connectivity index (χ0) is 17.6. The van der Waals surface area contributed by atoms with Crippen LogP contribution in [0.3, 0.4) is 0 Å². The predicted molar refractivity (Wildman–Crippen MR) is 104 cm³/mol. The highest BCUT2D eigenvalue weighted by atomic mass is 32.1. The maximum atomic E-state index is 12.7. The van der Waals surface area contributed by atoms with E-state index in [9.17, 15) is 4.79 Å². The van der Waals surface area contributed by atoms with E-state index in [0.717, 1.165) is 41.6 Å². The van der Waals surface area contributed by atoms with Crippen molar-refractivity contribution in [2.45, 2.75) is 40.0 Å². The van der Waals surface area contributed by atoms with Crippen LogP contribution in [0.5, 0.6) is 0 Å². The molecule has 1 aromatic heterocycles. The molecule has 2 aromatic rings. The van der Waals surface area contributed by atoms with Gasteiger partial charge in [0.05, 0.1) is 15.2 Å². The minimum Gasteiger partial charge on any atom is -0.326 e. The van der Waals surface area contributed by atoms with Crippen molar-refractivity contribution in [1.29, 1.82) is 0 Å². The van der Waals surface area contributed by atoms with Crippen molar-refractivity contribution in [3.63, 3.8) is 0 Å². The first kappa shape index (κ1) is 17.0. The summed E-state index contributed by atoms with van der Waals surface area (Å²) in [6.45, 7) is 10.0. The highest BCUT2D eigenvalue weighted by Crippen LogP contribution is 2.59. The predicted octanol–water partition coefficient (Wildman–Crippen LogP) is 4.30. The number of hydrogen-bond donors (Lipinski definition) is 1. The molecule has 1 aliphatic heterocycles. The summed E-state index contributed by atoms with van der Waals surface area (Å²) < 4.78 is 1.18. The Bertz CT molecular complexity index is 789. The van der Waals surface area contributed by atoms with Crippen LogP contribution in [0, 0.1) is 24.2 Å². The number of benzene rings is 1. The van der Waals surface area contributed by atoms with Gasteiger partial charge in [-0.2, -0.15) is 0 Å². The lowest BCUT2D eigenvalue weighted by Gasteiger charge is -2.33. The number of aromatic nitrogens is 1. The van der Waals surface area contributed by atoms with Crippen molar-refractivity contribution in [2.24, 2.45) is 17.3 Å². The zero-order valence-corrected chi connectivity index (χ0v) is 16.2. The smallest absolute Gasteiger partial charge is 0.228 e. The SMILES string of the molecule is Cc1nc2cc(NC(=O)C3CC34CCN(CC(C)C)CC4)ccc2s1. The highest BCUT2D eigenvalue weighted by Gasteiger charge is 2.58. The van der Waals surface area contributed by atoms with E-state index in [1.807, 2.05) is 19.1 Å². The molecule has 0 radical (unpaired) electrons.